The Balaban J connectivity index is 2.37. The van der Waals surface area contributed by atoms with Crippen molar-refractivity contribution in [2.24, 2.45) is 5.92 Å². The average Bonchev–Trinajstić information content (AvgIpc) is 2.62. The predicted octanol–water partition coefficient (Wildman–Crippen LogP) is 1.79. The molecule has 0 N–H and O–H groups in total. The van der Waals surface area contributed by atoms with Gasteiger partial charge in [-0.1, -0.05) is 12.2 Å². The van der Waals surface area contributed by atoms with Crippen LogP contribution in [-0.4, -0.2) is 19.6 Å². The molecular formula is C6H9BF3O2-. The Bertz CT molecular complexity index is 192. The number of ether oxygens (including phenoxy) is 1. The summed E-state index contributed by atoms with van der Waals surface area (Å²) in [5.41, 5.74) is 0. The molecule has 70 valence electrons. The summed E-state index contributed by atoms with van der Waals surface area (Å²) < 4.78 is 40.3. The van der Waals surface area contributed by atoms with Crippen LogP contribution in [0.5, 0.6) is 0 Å². The van der Waals surface area contributed by atoms with Crippen LogP contribution in [0.2, 0.25) is 5.82 Å². The van der Waals surface area contributed by atoms with Gasteiger partial charge in [0.2, 0.25) is 0 Å². The maximum Gasteiger partial charge on any atom is 0.482 e. The van der Waals surface area contributed by atoms with E-state index in [-0.39, 0.29) is 13.0 Å². The molecule has 0 radical (unpaired) electrons. The van der Waals surface area contributed by atoms with Crippen LogP contribution in [0.15, 0.2) is 0 Å². The van der Waals surface area contributed by atoms with Crippen molar-refractivity contribution in [3.63, 3.8) is 0 Å². The molecule has 1 aliphatic rings. The molecule has 0 saturated heterocycles. The van der Waals surface area contributed by atoms with Crippen LogP contribution >= 0.6 is 0 Å². The van der Waals surface area contributed by atoms with Gasteiger partial charge in [0.15, 0.2) is 0 Å². The van der Waals surface area contributed by atoms with Crippen molar-refractivity contribution < 1.29 is 22.5 Å². The van der Waals surface area contributed by atoms with E-state index in [0.717, 1.165) is 0 Å². The minimum atomic E-state index is -4.84. The zero-order valence-electron chi connectivity index (χ0n) is 6.60. The second kappa shape index (κ2) is 2.99. The van der Waals surface area contributed by atoms with Crippen LogP contribution in [0.25, 0.3) is 0 Å². The summed E-state index contributed by atoms with van der Waals surface area (Å²) in [6, 6.07) is 0. The average molecular weight is 181 g/mol. The molecule has 0 heterocycles. The third-order valence-electron chi connectivity index (χ3n) is 1.91. The van der Waals surface area contributed by atoms with Crippen molar-refractivity contribution in [1.29, 1.82) is 0 Å². The van der Waals surface area contributed by atoms with Gasteiger partial charge in [0.1, 0.15) is 0 Å². The zero-order chi connectivity index (χ0) is 9.35. The van der Waals surface area contributed by atoms with E-state index in [9.17, 15) is 17.7 Å². The predicted molar refractivity (Wildman–Crippen MR) is 37.6 cm³/mol. The summed E-state index contributed by atoms with van der Waals surface area (Å²) in [6.45, 7) is -3.12. The standard InChI is InChI=1S/C6H9BF3O2/c1-2-12-6(11)4-3-5(4)7(8,9)10/h4-5H,2-3H2,1H3/q-1/t4-,5?/m1/s1. The molecule has 12 heavy (non-hydrogen) atoms. The molecule has 2 atom stereocenters. The molecule has 0 bridgehead atoms. The summed E-state index contributed by atoms with van der Waals surface area (Å²) >= 11 is 0. The van der Waals surface area contributed by atoms with E-state index in [2.05, 4.69) is 4.74 Å². The van der Waals surface area contributed by atoms with Crippen LogP contribution < -0.4 is 0 Å². The Hall–Kier alpha value is -0.675. The number of halogens is 3. The molecule has 2 nitrogen and oxygen atoms in total. The second-order valence-corrected chi connectivity index (χ2v) is 2.88. The minimum Gasteiger partial charge on any atom is -0.466 e. The lowest BCUT2D eigenvalue weighted by Crippen LogP contribution is -2.18. The Labute approximate surface area is 68.1 Å². The van der Waals surface area contributed by atoms with Crippen molar-refractivity contribution in [3.05, 3.63) is 0 Å². The summed E-state index contributed by atoms with van der Waals surface area (Å²) in [5, 5.41) is 0. The van der Waals surface area contributed by atoms with Gasteiger partial charge in [-0.2, -0.15) is 0 Å². The van der Waals surface area contributed by atoms with Crippen molar-refractivity contribution in [2.75, 3.05) is 6.61 Å². The van der Waals surface area contributed by atoms with E-state index in [1.165, 1.54) is 0 Å². The van der Waals surface area contributed by atoms with Gasteiger partial charge < -0.3 is 17.7 Å². The lowest BCUT2D eigenvalue weighted by atomic mass is 9.82. The van der Waals surface area contributed by atoms with Gasteiger partial charge in [-0.3, -0.25) is 4.79 Å². The largest absolute Gasteiger partial charge is 0.482 e. The lowest BCUT2D eigenvalue weighted by molar-refractivity contribution is -0.144. The molecule has 1 saturated carbocycles. The van der Waals surface area contributed by atoms with Gasteiger partial charge in [0.05, 0.1) is 6.61 Å². The van der Waals surface area contributed by atoms with Crippen LogP contribution in [-0.2, 0) is 9.53 Å². The van der Waals surface area contributed by atoms with Crippen molar-refractivity contribution in [3.8, 4) is 0 Å². The highest BCUT2D eigenvalue weighted by atomic mass is 19.4. The highest BCUT2D eigenvalue weighted by molar-refractivity contribution is 6.61. The fraction of sp³-hybridized carbons (Fsp3) is 0.833. The van der Waals surface area contributed by atoms with Gasteiger partial charge in [0, 0.05) is 5.92 Å². The summed E-state index contributed by atoms with van der Waals surface area (Å²) in [4.78, 5) is 10.8. The monoisotopic (exact) mass is 181 g/mol. The van der Waals surface area contributed by atoms with Crippen molar-refractivity contribution >= 4 is 12.9 Å². The first-order valence-electron chi connectivity index (χ1n) is 3.83. The van der Waals surface area contributed by atoms with Gasteiger partial charge in [0.25, 0.3) is 0 Å². The number of rotatable bonds is 3. The smallest absolute Gasteiger partial charge is 0.466 e. The molecule has 1 aliphatic carbocycles. The van der Waals surface area contributed by atoms with Crippen molar-refractivity contribution in [1.82, 2.24) is 0 Å². The van der Waals surface area contributed by atoms with E-state index in [0.29, 0.717) is 0 Å². The first-order chi connectivity index (χ1) is 5.46. The lowest BCUT2D eigenvalue weighted by Gasteiger charge is -2.11. The maximum absolute atomic E-state index is 11.9. The van der Waals surface area contributed by atoms with Crippen LogP contribution in [0.1, 0.15) is 13.3 Å². The maximum atomic E-state index is 11.9. The summed E-state index contributed by atoms with van der Waals surface area (Å²) in [7, 11) is 0. The van der Waals surface area contributed by atoms with Gasteiger partial charge in [-0.05, 0) is 6.92 Å². The number of carbonyl (C=O) groups excluding carboxylic acids is 1. The molecule has 0 spiro atoms. The Morgan fingerprint density at radius 2 is 2.17 bits per heavy atom. The number of hydrogen-bond donors (Lipinski definition) is 0. The second-order valence-electron chi connectivity index (χ2n) is 2.88. The summed E-state index contributed by atoms with van der Waals surface area (Å²) in [5.74, 6) is -3.02. The number of carbonyl (C=O) groups is 1. The third kappa shape index (κ3) is 1.92. The van der Waals surface area contributed by atoms with Gasteiger partial charge in [-0.25, -0.2) is 0 Å². The SMILES string of the molecule is CCOC(=O)[C@@H]1CC1[B-](F)(F)F. The molecule has 0 aliphatic heterocycles. The first kappa shape index (κ1) is 9.41. The fourth-order valence-electron chi connectivity index (χ4n) is 1.15. The molecule has 0 aromatic carbocycles. The molecule has 6 heteroatoms. The molecule has 0 amide bonds. The van der Waals surface area contributed by atoms with E-state index >= 15 is 0 Å². The van der Waals surface area contributed by atoms with Crippen LogP contribution in [0.3, 0.4) is 0 Å². The molecule has 0 aromatic heterocycles. The highest BCUT2D eigenvalue weighted by Crippen LogP contribution is 2.53. The molecule has 1 rings (SSSR count). The Kier molecular flexibility index (Phi) is 2.35. The molecule has 1 fully saturated rings. The van der Waals surface area contributed by atoms with Crippen LogP contribution in [0.4, 0.5) is 12.9 Å². The quantitative estimate of drug-likeness (QED) is 0.489. The van der Waals surface area contributed by atoms with Crippen molar-refractivity contribution in [2.45, 2.75) is 19.2 Å². The summed E-state index contributed by atoms with van der Waals surface area (Å²) in [6.07, 6.45) is -0.0810. The van der Waals surface area contributed by atoms with E-state index in [1.54, 1.807) is 6.92 Å². The van der Waals surface area contributed by atoms with Crippen LogP contribution in [0, 0.1) is 5.92 Å². The topological polar surface area (TPSA) is 26.3 Å². The number of hydrogen-bond acceptors (Lipinski definition) is 2. The minimum absolute atomic E-state index is 0.0810. The van der Waals surface area contributed by atoms with E-state index in [1.807, 2.05) is 0 Å². The highest BCUT2D eigenvalue weighted by Gasteiger charge is 2.54. The Morgan fingerprint density at radius 3 is 2.50 bits per heavy atom. The number of esters is 1. The van der Waals surface area contributed by atoms with E-state index < -0.39 is 24.7 Å². The normalized spacial score (nSPS) is 28.3. The molecule has 1 unspecified atom stereocenters. The fourth-order valence-corrected chi connectivity index (χ4v) is 1.15. The third-order valence-corrected chi connectivity index (χ3v) is 1.91. The zero-order valence-corrected chi connectivity index (χ0v) is 6.60. The van der Waals surface area contributed by atoms with Gasteiger partial charge in [-0.15, -0.1) is 0 Å². The Morgan fingerprint density at radius 1 is 1.58 bits per heavy atom. The molecular weight excluding hydrogens is 172 g/mol. The molecule has 0 aromatic rings. The van der Waals surface area contributed by atoms with E-state index in [4.69, 9.17) is 0 Å². The first-order valence-corrected chi connectivity index (χ1v) is 3.83. The van der Waals surface area contributed by atoms with Gasteiger partial charge >= 0.3 is 12.9 Å².